The number of hydrogen-bond acceptors (Lipinski definition) is 4. The van der Waals surface area contributed by atoms with Gasteiger partial charge in [-0.1, -0.05) is 36.4 Å². The summed E-state index contributed by atoms with van der Waals surface area (Å²) >= 11 is 0. The lowest BCUT2D eigenvalue weighted by Crippen LogP contribution is -2.49. The summed E-state index contributed by atoms with van der Waals surface area (Å²) in [7, 11) is 0. The first-order valence-corrected chi connectivity index (χ1v) is 8.87. The van der Waals surface area contributed by atoms with Gasteiger partial charge in [-0.2, -0.15) is 0 Å². The number of hydrogen-bond donors (Lipinski definition) is 4. The van der Waals surface area contributed by atoms with Crippen LogP contribution in [0.3, 0.4) is 0 Å². The summed E-state index contributed by atoms with van der Waals surface area (Å²) < 4.78 is 0. The number of aliphatic carboxylic acids is 2. The van der Waals surface area contributed by atoms with Crippen LogP contribution in [0.2, 0.25) is 0 Å². The van der Waals surface area contributed by atoms with Crippen molar-refractivity contribution in [2.45, 2.75) is 38.5 Å². The Hall–Kier alpha value is -3.13. The van der Waals surface area contributed by atoms with Gasteiger partial charge >= 0.3 is 18.0 Å². The molecule has 2 atom stereocenters. The van der Waals surface area contributed by atoms with Gasteiger partial charge in [-0.05, 0) is 36.2 Å². The van der Waals surface area contributed by atoms with Gasteiger partial charge in [0.1, 0.15) is 0 Å². The number of carbonyl (C=O) groups is 3. The maximum absolute atomic E-state index is 12.7. The normalized spacial score (nSPS) is 13.1. The molecule has 0 heterocycles. The molecular formula is C20H24N2O6. The number of carboxylic acids is 2. The van der Waals surface area contributed by atoms with Crippen LogP contribution >= 0.6 is 0 Å². The second-order valence-electron chi connectivity index (χ2n) is 6.81. The van der Waals surface area contributed by atoms with Crippen LogP contribution in [-0.4, -0.2) is 56.9 Å². The summed E-state index contributed by atoms with van der Waals surface area (Å²) in [5.41, 5.74) is 0.622. The zero-order valence-corrected chi connectivity index (χ0v) is 15.7. The van der Waals surface area contributed by atoms with Gasteiger partial charge in [0, 0.05) is 6.04 Å². The first-order chi connectivity index (χ1) is 13.2. The number of aliphatic hydroxyl groups excluding tert-OH is 1. The zero-order chi connectivity index (χ0) is 20.8. The van der Waals surface area contributed by atoms with E-state index in [4.69, 9.17) is 5.11 Å². The van der Waals surface area contributed by atoms with Gasteiger partial charge in [0.25, 0.3) is 0 Å². The van der Waals surface area contributed by atoms with Crippen molar-refractivity contribution in [3.05, 3.63) is 48.0 Å². The van der Waals surface area contributed by atoms with Gasteiger partial charge in [-0.3, -0.25) is 4.79 Å². The molecule has 150 valence electrons. The second-order valence-corrected chi connectivity index (χ2v) is 6.81. The molecule has 0 aliphatic carbocycles. The molecule has 2 aromatic carbocycles. The minimum atomic E-state index is -1.73. The number of rotatable bonds is 8. The number of nitrogens with zero attached hydrogens (tertiary/aromatic N) is 1. The minimum absolute atomic E-state index is 0.336. The lowest BCUT2D eigenvalue weighted by molar-refractivity contribution is -0.147. The maximum atomic E-state index is 12.7. The Bertz CT molecular complexity index is 867. The number of benzene rings is 2. The van der Waals surface area contributed by atoms with Gasteiger partial charge in [0.2, 0.25) is 0 Å². The minimum Gasteiger partial charge on any atom is -0.481 e. The Morgan fingerprint density at radius 3 is 2.25 bits per heavy atom. The standard InChI is InChI=1S/C20H24N2O6/c1-12(2)22(11-17(23)19(26)27)20(28)21-16(10-18(24)25)15-8-7-13-5-3-4-6-14(13)9-15/h3-9,12,16-17,23H,10-11H2,1-2H3,(H,21,28)(H,24,25)(H,26,27). The third-order valence-corrected chi connectivity index (χ3v) is 4.39. The molecule has 0 saturated carbocycles. The predicted octanol–water partition coefficient (Wildman–Crippen LogP) is 2.22. The monoisotopic (exact) mass is 388 g/mol. The molecule has 0 spiro atoms. The Morgan fingerprint density at radius 1 is 1.04 bits per heavy atom. The number of aliphatic hydroxyl groups is 1. The molecule has 2 unspecified atom stereocenters. The Kier molecular flexibility index (Phi) is 6.94. The van der Waals surface area contributed by atoms with Crippen molar-refractivity contribution in [2.75, 3.05) is 6.54 Å². The number of nitrogens with one attached hydrogen (secondary N) is 1. The summed E-state index contributed by atoms with van der Waals surface area (Å²) in [6.45, 7) is 2.95. The lowest BCUT2D eigenvalue weighted by Gasteiger charge is -2.30. The summed E-state index contributed by atoms with van der Waals surface area (Å²) in [6, 6.07) is 11.2. The molecule has 0 aromatic heterocycles. The summed E-state index contributed by atoms with van der Waals surface area (Å²) in [5, 5.41) is 32.3. The topological polar surface area (TPSA) is 127 Å². The fourth-order valence-electron chi connectivity index (χ4n) is 2.88. The molecule has 4 N–H and O–H groups in total. The van der Waals surface area contributed by atoms with E-state index >= 15 is 0 Å². The van der Waals surface area contributed by atoms with Crippen molar-refractivity contribution in [3.8, 4) is 0 Å². The fraction of sp³-hybridized carbons (Fsp3) is 0.350. The molecular weight excluding hydrogens is 364 g/mol. The van der Waals surface area contributed by atoms with Crippen LogP contribution in [-0.2, 0) is 9.59 Å². The van der Waals surface area contributed by atoms with Crippen LogP contribution in [0.5, 0.6) is 0 Å². The van der Waals surface area contributed by atoms with Crippen molar-refractivity contribution in [1.82, 2.24) is 10.2 Å². The lowest BCUT2D eigenvalue weighted by atomic mass is 10.00. The average molecular weight is 388 g/mol. The van der Waals surface area contributed by atoms with Gasteiger partial charge in [-0.15, -0.1) is 0 Å². The van der Waals surface area contributed by atoms with Crippen LogP contribution < -0.4 is 5.32 Å². The summed E-state index contributed by atoms with van der Waals surface area (Å²) in [4.78, 5) is 36.1. The molecule has 0 fully saturated rings. The SMILES string of the molecule is CC(C)N(CC(O)C(=O)O)C(=O)NC(CC(=O)O)c1ccc2ccccc2c1. The highest BCUT2D eigenvalue weighted by molar-refractivity contribution is 5.84. The van der Waals surface area contributed by atoms with Crippen molar-refractivity contribution in [3.63, 3.8) is 0 Å². The van der Waals surface area contributed by atoms with Crippen LogP contribution in [0, 0.1) is 0 Å². The molecule has 0 radical (unpaired) electrons. The number of carboxylic acid groups (broad SMARTS) is 2. The highest BCUT2D eigenvalue weighted by atomic mass is 16.4. The highest BCUT2D eigenvalue weighted by Gasteiger charge is 2.27. The van der Waals surface area contributed by atoms with Gasteiger partial charge in [-0.25, -0.2) is 9.59 Å². The van der Waals surface area contributed by atoms with Crippen LogP contribution in [0.25, 0.3) is 10.8 Å². The molecule has 0 aliphatic heterocycles. The highest BCUT2D eigenvalue weighted by Crippen LogP contribution is 2.23. The molecule has 0 saturated heterocycles. The van der Waals surface area contributed by atoms with E-state index in [1.54, 1.807) is 19.9 Å². The van der Waals surface area contributed by atoms with Crippen LogP contribution in [0.15, 0.2) is 42.5 Å². The van der Waals surface area contributed by atoms with E-state index in [9.17, 15) is 24.6 Å². The zero-order valence-electron chi connectivity index (χ0n) is 15.7. The van der Waals surface area contributed by atoms with Gasteiger partial charge in [0.05, 0.1) is 19.0 Å². The summed E-state index contributed by atoms with van der Waals surface area (Å²) in [5.74, 6) is -2.52. The average Bonchev–Trinajstić information content (AvgIpc) is 2.64. The maximum Gasteiger partial charge on any atom is 0.334 e. The fourth-order valence-corrected chi connectivity index (χ4v) is 2.88. The van der Waals surface area contributed by atoms with Crippen LogP contribution in [0.1, 0.15) is 31.9 Å². The molecule has 2 rings (SSSR count). The van der Waals surface area contributed by atoms with E-state index in [0.717, 1.165) is 15.7 Å². The van der Waals surface area contributed by atoms with E-state index in [1.807, 2.05) is 36.4 Å². The van der Waals surface area contributed by atoms with Crippen molar-refractivity contribution < 1.29 is 29.7 Å². The number of fused-ring (bicyclic) bond motifs is 1. The number of carbonyl (C=O) groups excluding carboxylic acids is 1. The Morgan fingerprint density at radius 2 is 1.68 bits per heavy atom. The van der Waals surface area contributed by atoms with Crippen molar-refractivity contribution >= 4 is 28.7 Å². The molecule has 0 bridgehead atoms. The summed E-state index contributed by atoms with van der Waals surface area (Å²) in [6.07, 6.45) is -2.07. The third kappa shape index (κ3) is 5.43. The van der Waals surface area contributed by atoms with Crippen LogP contribution in [0.4, 0.5) is 4.79 Å². The molecule has 0 aliphatic rings. The quantitative estimate of drug-likeness (QED) is 0.549. The molecule has 28 heavy (non-hydrogen) atoms. The molecule has 8 nitrogen and oxygen atoms in total. The van der Waals surface area contributed by atoms with E-state index in [2.05, 4.69) is 5.32 Å². The largest absolute Gasteiger partial charge is 0.481 e. The van der Waals surface area contributed by atoms with E-state index in [-0.39, 0.29) is 6.42 Å². The molecule has 2 amide bonds. The third-order valence-electron chi connectivity index (χ3n) is 4.39. The van der Waals surface area contributed by atoms with Crippen molar-refractivity contribution in [2.24, 2.45) is 0 Å². The second kappa shape index (κ2) is 9.18. The Labute approximate surface area is 162 Å². The molecule has 8 heteroatoms. The van der Waals surface area contributed by atoms with Gasteiger partial charge < -0.3 is 25.5 Å². The first-order valence-electron chi connectivity index (χ1n) is 8.87. The van der Waals surface area contributed by atoms with Crippen molar-refractivity contribution in [1.29, 1.82) is 0 Å². The van der Waals surface area contributed by atoms with Gasteiger partial charge in [0.15, 0.2) is 6.10 Å². The van der Waals surface area contributed by atoms with E-state index in [1.165, 1.54) is 0 Å². The number of amides is 2. The molecule has 2 aromatic rings. The van der Waals surface area contributed by atoms with E-state index in [0.29, 0.717) is 5.56 Å². The number of urea groups is 1. The predicted molar refractivity (Wildman–Crippen MR) is 103 cm³/mol. The Balaban J connectivity index is 2.27. The first kappa shape index (κ1) is 21.2. The smallest absolute Gasteiger partial charge is 0.334 e. The van der Waals surface area contributed by atoms with E-state index < -0.39 is 42.7 Å².